The normalized spacial score (nSPS) is 15.1. The average molecular weight is 370 g/mol. The number of rotatable bonds is 2. The molecule has 1 aliphatic rings. The predicted octanol–water partition coefficient (Wildman–Crippen LogP) is 5.71. The van der Waals surface area contributed by atoms with Crippen LogP contribution >= 0.6 is 0 Å². The fourth-order valence-corrected chi connectivity index (χ4v) is 2.90. The number of alkyl halides is 3. The van der Waals surface area contributed by atoms with Gasteiger partial charge in [0, 0.05) is 22.4 Å². The zero-order valence-corrected chi connectivity index (χ0v) is 14.1. The maximum Gasteiger partial charge on any atom is 0.416 e. The van der Waals surface area contributed by atoms with Crippen LogP contribution < -0.4 is 0 Å². The Morgan fingerprint density at radius 2 is 1.74 bits per heavy atom. The van der Waals surface area contributed by atoms with Crippen LogP contribution in [0.1, 0.15) is 23.7 Å². The third kappa shape index (κ3) is 3.12. The van der Waals surface area contributed by atoms with Crippen molar-refractivity contribution in [3.63, 3.8) is 0 Å². The van der Waals surface area contributed by atoms with Crippen LogP contribution in [-0.2, 0) is 6.18 Å². The summed E-state index contributed by atoms with van der Waals surface area (Å²) in [6.45, 7) is 1.85. The Balaban J connectivity index is 1.70. The molecule has 0 bridgehead atoms. The molecule has 136 valence electrons. The van der Waals surface area contributed by atoms with Crippen molar-refractivity contribution < 1.29 is 22.7 Å². The molecule has 2 aromatic carbocycles. The van der Waals surface area contributed by atoms with Gasteiger partial charge in [0.15, 0.2) is 0 Å². The molecule has 1 N–H and O–H groups in total. The van der Waals surface area contributed by atoms with Crippen LogP contribution in [0.2, 0.25) is 0 Å². The highest BCUT2D eigenvalue weighted by atomic mass is 19.4. The molecule has 0 atom stereocenters. The first-order valence-corrected chi connectivity index (χ1v) is 8.07. The van der Waals surface area contributed by atoms with E-state index >= 15 is 0 Å². The van der Waals surface area contributed by atoms with E-state index in [0.29, 0.717) is 5.56 Å². The highest BCUT2D eigenvalue weighted by molar-refractivity contribution is 6.31. The van der Waals surface area contributed by atoms with E-state index in [4.69, 9.17) is 4.42 Å². The van der Waals surface area contributed by atoms with Crippen molar-refractivity contribution in [2.75, 3.05) is 0 Å². The zero-order chi connectivity index (χ0) is 19.2. The van der Waals surface area contributed by atoms with Crippen molar-refractivity contribution in [2.45, 2.75) is 13.1 Å². The molecule has 2 heterocycles. The monoisotopic (exact) mass is 370 g/mol. The lowest BCUT2D eigenvalue weighted by Gasteiger charge is -2.05. The van der Waals surface area contributed by atoms with E-state index in [1.807, 2.05) is 31.2 Å². The standard InChI is InChI=1S/C20H13F3N2O2/c1-11-15(14-4-2-3-5-16(14)24-11)10-17-19(26)27-18(25-17)12-6-8-13(9-7-12)20(21,22)23/h2-10,26H,1H3. The molecule has 0 fully saturated rings. The number of halogens is 3. The number of nitrogens with zero attached hydrogens (tertiary/aromatic N) is 2. The average Bonchev–Trinajstić information content (AvgIpc) is 3.15. The molecule has 4 nitrogen and oxygen atoms in total. The predicted molar refractivity (Wildman–Crippen MR) is 95.7 cm³/mol. The van der Waals surface area contributed by atoms with Crippen LogP contribution in [-0.4, -0.2) is 15.8 Å². The molecule has 27 heavy (non-hydrogen) atoms. The lowest BCUT2D eigenvalue weighted by atomic mass is 10.0. The second-order valence-corrected chi connectivity index (χ2v) is 6.06. The summed E-state index contributed by atoms with van der Waals surface area (Å²) < 4.78 is 43.3. The van der Waals surface area contributed by atoms with E-state index in [0.717, 1.165) is 34.7 Å². The number of hydrogen-bond donors (Lipinski definition) is 1. The Bertz CT molecular complexity index is 1080. The Hall–Kier alpha value is -3.35. The molecule has 4 rings (SSSR count). The summed E-state index contributed by atoms with van der Waals surface area (Å²) in [5.41, 5.74) is 3.06. The van der Waals surface area contributed by atoms with Crippen LogP contribution in [0.15, 0.2) is 57.9 Å². The van der Waals surface area contributed by atoms with E-state index in [1.165, 1.54) is 12.1 Å². The number of allylic oxidation sites excluding steroid dienone is 1. The first-order valence-electron chi connectivity index (χ1n) is 8.07. The lowest BCUT2D eigenvalue weighted by molar-refractivity contribution is -0.137. The number of para-hydroxylation sites is 1. The molecule has 3 aromatic rings. The van der Waals surface area contributed by atoms with E-state index in [9.17, 15) is 18.3 Å². The van der Waals surface area contributed by atoms with Crippen LogP contribution in [0.25, 0.3) is 23.1 Å². The summed E-state index contributed by atoms with van der Waals surface area (Å²) in [7, 11) is 0. The first-order chi connectivity index (χ1) is 12.8. The van der Waals surface area contributed by atoms with Crippen molar-refractivity contribution in [1.82, 2.24) is 4.98 Å². The van der Waals surface area contributed by atoms with Crippen molar-refractivity contribution in [3.8, 4) is 17.4 Å². The summed E-state index contributed by atoms with van der Waals surface area (Å²) in [6.07, 6.45) is -2.77. The van der Waals surface area contributed by atoms with Gasteiger partial charge in [-0.3, -0.25) is 4.99 Å². The molecule has 1 aliphatic heterocycles. The van der Waals surface area contributed by atoms with Crippen molar-refractivity contribution in [1.29, 1.82) is 0 Å². The van der Waals surface area contributed by atoms with Gasteiger partial charge in [-0.15, -0.1) is 0 Å². The zero-order valence-electron chi connectivity index (χ0n) is 14.1. The van der Waals surface area contributed by atoms with Crippen molar-refractivity contribution in [2.24, 2.45) is 4.99 Å². The van der Waals surface area contributed by atoms with E-state index in [-0.39, 0.29) is 11.6 Å². The number of aliphatic imine (C=N–C) groups is 1. The number of benzene rings is 2. The minimum atomic E-state index is -4.42. The Kier molecular flexibility index (Phi) is 3.87. The van der Waals surface area contributed by atoms with Gasteiger partial charge in [0.2, 0.25) is 5.89 Å². The fraction of sp³-hybridized carbons (Fsp3) is 0.100. The van der Waals surface area contributed by atoms with Crippen molar-refractivity contribution in [3.05, 3.63) is 65.4 Å². The smallest absolute Gasteiger partial charge is 0.416 e. The number of fused-ring (bicyclic) bond motifs is 1. The lowest BCUT2D eigenvalue weighted by Crippen LogP contribution is -2.03. The number of oxazole rings is 1. The van der Waals surface area contributed by atoms with Crippen LogP contribution in [0.4, 0.5) is 18.9 Å². The maximum absolute atomic E-state index is 12.7. The number of hydrogen-bond acceptors (Lipinski definition) is 4. The van der Waals surface area contributed by atoms with Gasteiger partial charge in [0.05, 0.1) is 11.3 Å². The van der Waals surface area contributed by atoms with Gasteiger partial charge in [-0.25, -0.2) is 4.98 Å². The summed E-state index contributed by atoms with van der Waals surface area (Å²) >= 11 is 0. The Morgan fingerprint density at radius 1 is 1.04 bits per heavy atom. The van der Waals surface area contributed by atoms with E-state index in [2.05, 4.69) is 9.98 Å². The van der Waals surface area contributed by atoms with Crippen LogP contribution in [0.5, 0.6) is 5.95 Å². The number of aromatic nitrogens is 1. The van der Waals surface area contributed by atoms with Gasteiger partial charge in [0.1, 0.15) is 5.69 Å². The van der Waals surface area contributed by atoms with E-state index in [1.54, 1.807) is 6.08 Å². The third-order valence-corrected chi connectivity index (χ3v) is 4.25. The maximum atomic E-state index is 12.7. The van der Waals surface area contributed by atoms with Crippen molar-refractivity contribution >= 4 is 23.0 Å². The number of aromatic hydroxyl groups is 1. The second-order valence-electron chi connectivity index (χ2n) is 6.06. The highest BCUT2D eigenvalue weighted by Gasteiger charge is 2.30. The first kappa shape index (κ1) is 17.1. The molecule has 1 aromatic heterocycles. The van der Waals surface area contributed by atoms with Gasteiger partial charge in [-0.2, -0.15) is 13.2 Å². The van der Waals surface area contributed by atoms with Gasteiger partial charge < -0.3 is 9.52 Å². The van der Waals surface area contributed by atoms with Crippen LogP contribution in [0, 0.1) is 0 Å². The minimum Gasteiger partial charge on any atom is -0.479 e. The molecule has 0 unspecified atom stereocenters. The summed E-state index contributed by atoms with van der Waals surface area (Å²) in [6, 6.07) is 12.0. The minimum absolute atomic E-state index is 0.0361. The highest BCUT2D eigenvalue weighted by Crippen LogP contribution is 2.37. The summed E-state index contributed by atoms with van der Waals surface area (Å²) in [4.78, 5) is 8.67. The Morgan fingerprint density at radius 3 is 2.44 bits per heavy atom. The van der Waals surface area contributed by atoms with Gasteiger partial charge in [0.25, 0.3) is 0 Å². The molecule has 0 saturated carbocycles. The molecule has 0 radical (unpaired) electrons. The fourth-order valence-electron chi connectivity index (χ4n) is 2.90. The largest absolute Gasteiger partial charge is 0.479 e. The van der Waals surface area contributed by atoms with Gasteiger partial charge in [-0.05, 0) is 43.3 Å². The van der Waals surface area contributed by atoms with Crippen LogP contribution in [0.3, 0.4) is 0 Å². The molecule has 7 heteroatoms. The molecule has 0 spiro atoms. The Labute approximate surface area is 152 Å². The second kappa shape index (κ2) is 6.12. The SMILES string of the molecule is CC1=Nc2ccccc2C1=Cc1nc(-c2ccc(C(F)(F)F)cc2)oc1O. The van der Waals surface area contributed by atoms with Gasteiger partial charge in [-0.1, -0.05) is 18.2 Å². The summed E-state index contributed by atoms with van der Waals surface area (Å²) in [5, 5.41) is 10.1. The molecular weight excluding hydrogens is 357 g/mol. The van der Waals surface area contributed by atoms with Gasteiger partial charge >= 0.3 is 12.1 Å². The molecular formula is C20H13F3N2O2. The quantitative estimate of drug-likeness (QED) is 0.628. The third-order valence-electron chi connectivity index (χ3n) is 4.25. The molecule has 0 amide bonds. The summed E-state index contributed by atoms with van der Waals surface area (Å²) in [5.74, 6) is -0.372. The van der Waals surface area contributed by atoms with E-state index < -0.39 is 17.7 Å². The molecule has 0 aliphatic carbocycles. The topological polar surface area (TPSA) is 58.6 Å². The molecule has 0 saturated heterocycles.